The van der Waals surface area contributed by atoms with Gasteiger partial charge in [-0.2, -0.15) is 0 Å². The summed E-state index contributed by atoms with van der Waals surface area (Å²) >= 11 is 1.66. The van der Waals surface area contributed by atoms with E-state index in [1.807, 2.05) is 54.8 Å². The van der Waals surface area contributed by atoms with Gasteiger partial charge in [-0.25, -0.2) is 0 Å². The molecular formula is C16H18N2OS. The second-order valence-corrected chi connectivity index (χ2v) is 5.36. The first-order chi connectivity index (χ1) is 9.69. The van der Waals surface area contributed by atoms with Crippen LogP contribution in [0.5, 0.6) is 0 Å². The van der Waals surface area contributed by atoms with Crippen molar-refractivity contribution in [2.45, 2.75) is 11.3 Å². The van der Waals surface area contributed by atoms with Crippen molar-refractivity contribution in [3.63, 3.8) is 0 Å². The molecule has 0 radical (unpaired) electrons. The molecule has 2 rings (SSSR count). The number of nitrogens with two attached hydrogens (primary N) is 1. The van der Waals surface area contributed by atoms with Crippen molar-refractivity contribution in [1.29, 1.82) is 0 Å². The smallest absolute Gasteiger partial charge is 0.251 e. The van der Waals surface area contributed by atoms with Crippen molar-refractivity contribution in [3.8, 4) is 0 Å². The number of anilines is 1. The van der Waals surface area contributed by atoms with Crippen LogP contribution in [-0.2, 0) is 6.42 Å². The summed E-state index contributed by atoms with van der Waals surface area (Å²) in [7, 11) is 0. The van der Waals surface area contributed by atoms with Gasteiger partial charge in [0.05, 0.1) is 0 Å². The predicted octanol–water partition coefficient (Wildman–Crippen LogP) is 2.96. The summed E-state index contributed by atoms with van der Waals surface area (Å²) in [6, 6.07) is 15.3. The topological polar surface area (TPSA) is 55.1 Å². The Hall–Kier alpha value is -1.94. The Morgan fingerprint density at radius 2 is 1.75 bits per heavy atom. The van der Waals surface area contributed by atoms with Gasteiger partial charge in [0.15, 0.2) is 0 Å². The molecule has 0 heterocycles. The Morgan fingerprint density at radius 1 is 1.10 bits per heavy atom. The molecule has 0 aliphatic heterocycles. The molecule has 20 heavy (non-hydrogen) atoms. The fraction of sp³-hybridized carbons (Fsp3) is 0.188. The van der Waals surface area contributed by atoms with Crippen LogP contribution in [0.1, 0.15) is 15.9 Å². The van der Waals surface area contributed by atoms with Gasteiger partial charge in [0.2, 0.25) is 0 Å². The van der Waals surface area contributed by atoms with E-state index in [1.165, 1.54) is 0 Å². The summed E-state index contributed by atoms with van der Waals surface area (Å²) in [5.41, 5.74) is 8.25. The van der Waals surface area contributed by atoms with Gasteiger partial charge in [-0.05, 0) is 54.6 Å². The van der Waals surface area contributed by atoms with E-state index in [1.54, 1.807) is 11.8 Å². The van der Waals surface area contributed by atoms with Gasteiger partial charge in [0.1, 0.15) is 0 Å². The lowest BCUT2D eigenvalue weighted by Crippen LogP contribution is -2.25. The lowest BCUT2D eigenvalue weighted by atomic mass is 10.1. The van der Waals surface area contributed by atoms with Gasteiger partial charge < -0.3 is 11.1 Å². The minimum absolute atomic E-state index is 0.0342. The van der Waals surface area contributed by atoms with Crippen molar-refractivity contribution in [2.24, 2.45) is 0 Å². The van der Waals surface area contributed by atoms with Crippen LogP contribution in [0.2, 0.25) is 0 Å². The zero-order chi connectivity index (χ0) is 14.4. The van der Waals surface area contributed by atoms with E-state index in [-0.39, 0.29) is 5.91 Å². The van der Waals surface area contributed by atoms with Crippen LogP contribution in [0.4, 0.5) is 5.69 Å². The number of rotatable bonds is 5. The van der Waals surface area contributed by atoms with Gasteiger partial charge in [0, 0.05) is 22.7 Å². The molecular weight excluding hydrogens is 268 g/mol. The largest absolute Gasteiger partial charge is 0.399 e. The number of thioether (sulfide) groups is 1. The molecule has 0 aliphatic carbocycles. The molecule has 4 heteroatoms. The van der Waals surface area contributed by atoms with E-state index in [0.717, 1.165) is 22.6 Å². The molecule has 0 atom stereocenters. The summed E-state index contributed by atoms with van der Waals surface area (Å²) < 4.78 is 0. The Bertz CT molecular complexity index is 564. The second-order valence-electron chi connectivity index (χ2n) is 4.48. The fourth-order valence-corrected chi connectivity index (χ4v) is 2.26. The monoisotopic (exact) mass is 286 g/mol. The van der Waals surface area contributed by atoms with Gasteiger partial charge in [-0.15, -0.1) is 11.8 Å². The molecule has 0 spiro atoms. The highest BCUT2D eigenvalue weighted by atomic mass is 32.2. The van der Waals surface area contributed by atoms with Crippen molar-refractivity contribution in [2.75, 3.05) is 18.5 Å². The number of hydrogen-bond donors (Lipinski definition) is 2. The van der Waals surface area contributed by atoms with Crippen molar-refractivity contribution in [3.05, 3.63) is 59.7 Å². The highest BCUT2D eigenvalue weighted by Gasteiger charge is 2.04. The minimum Gasteiger partial charge on any atom is -0.399 e. The molecule has 2 aromatic rings. The first-order valence-corrected chi connectivity index (χ1v) is 7.68. The number of carbonyl (C=O) groups is 1. The summed E-state index contributed by atoms with van der Waals surface area (Å²) in [6.07, 6.45) is 2.82. The third kappa shape index (κ3) is 4.03. The average Bonchev–Trinajstić information content (AvgIpc) is 2.49. The highest BCUT2D eigenvalue weighted by molar-refractivity contribution is 7.98. The van der Waals surface area contributed by atoms with E-state index < -0.39 is 0 Å². The number of hydrogen-bond acceptors (Lipinski definition) is 3. The Morgan fingerprint density at radius 3 is 2.35 bits per heavy atom. The Balaban J connectivity index is 1.83. The van der Waals surface area contributed by atoms with Crippen LogP contribution in [-0.4, -0.2) is 18.7 Å². The molecule has 0 unspecified atom stereocenters. The number of nitrogen functional groups attached to an aromatic ring is 1. The van der Waals surface area contributed by atoms with Gasteiger partial charge in [-0.1, -0.05) is 12.1 Å². The molecule has 0 aromatic heterocycles. The van der Waals surface area contributed by atoms with Crippen LogP contribution in [0, 0.1) is 0 Å². The van der Waals surface area contributed by atoms with Gasteiger partial charge in [-0.3, -0.25) is 4.79 Å². The Kier molecular flexibility index (Phi) is 5.07. The minimum atomic E-state index is -0.0342. The van der Waals surface area contributed by atoms with Crippen molar-refractivity contribution in [1.82, 2.24) is 5.32 Å². The first-order valence-electron chi connectivity index (χ1n) is 6.46. The molecule has 0 saturated carbocycles. The maximum absolute atomic E-state index is 12.0. The standard InChI is InChI=1S/C16H18N2OS/c1-20-15-8-4-13(5-9-15)16(19)18-11-10-12-2-6-14(17)7-3-12/h2-9H,10-11,17H2,1H3,(H,18,19). The predicted molar refractivity (Wildman–Crippen MR) is 85.1 cm³/mol. The average molecular weight is 286 g/mol. The molecule has 3 N–H and O–H groups in total. The number of nitrogens with one attached hydrogen (secondary N) is 1. The summed E-state index contributed by atoms with van der Waals surface area (Å²) in [6.45, 7) is 0.618. The van der Waals surface area contributed by atoms with Crippen molar-refractivity contribution < 1.29 is 4.79 Å². The zero-order valence-electron chi connectivity index (χ0n) is 11.4. The molecule has 0 fully saturated rings. The molecule has 3 nitrogen and oxygen atoms in total. The lowest BCUT2D eigenvalue weighted by molar-refractivity contribution is 0.0954. The maximum Gasteiger partial charge on any atom is 0.251 e. The molecule has 0 bridgehead atoms. The summed E-state index contributed by atoms with van der Waals surface area (Å²) in [5.74, 6) is -0.0342. The first kappa shape index (κ1) is 14.5. The normalized spacial score (nSPS) is 10.2. The molecule has 0 saturated heterocycles. The number of carbonyl (C=O) groups excluding carboxylic acids is 1. The number of amides is 1. The molecule has 1 amide bonds. The van der Waals surface area contributed by atoms with Gasteiger partial charge in [0.25, 0.3) is 5.91 Å². The van der Waals surface area contributed by atoms with Gasteiger partial charge >= 0.3 is 0 Å². The van der Waals surface area contributed by atoms with Crippen LogP contribution >= 0.6 is 11.8 Å². The zero-order valence-corrected chi connectivity index (χ0v) is 12.2. The summed E-state index contributed by atoms with van der Waals surface area (Å²) in [4.78, 5) is 13.1. The Labute approximate surface area is 123 Å². The van der Waals surface area contributed by atoms with Crippen LogP contribution in [0.15, 0.2) is 53.4 Å². The third-order valence-electron chi connectivity index (χ3n) is 3.03. The number of benzene rings is 2. The SMILES string of the molecule is CSc1ccc(C(=O)NCCc2ccc(N)cc2)cc1. The van der Waals surface area contributed by atoms with E-state index in [4.69, 9.17) is 5.73 Å². The summed E-state index contributed by atoms with van der Waals surface area (Å²) in [5, 5.41) is 2.92. The van der Waals surface area contributed by atoms with Crippen LogP contribution in [0.3, 0.4) is 0 Å². The van der Waals surface area contributed by atoms with Crippen LogP contribution < -0.4 is 11.1 Å². The second kappa shape index (κ2) is 7.01. The molecule has 0 aliphatic rings. The third-order valence-corrected chi connectivity index (χ3v) is 3.77. The molecule has 2 aromatic carbocycles. The van der Waals surface area contributed by atoms with Crippen molar-refractivity contribution >= 4 is 23.4 Å². The quantitative estimate of drug-likeness (QED) is 0.656. The van der Waals surface area contributed by atoms with E-state index in [2.05, 4.69) is 5.32 Å². The molecule has 104 valence electrons. The highest BCUT2D eigenvalue weighted by Crippen LogP contribution is 2.14. The van der Waals surface area contributed by atoms with E-state index in [9.17, 15) is 4.79 Å². The maximum atomic E-state index is 12.0. The lowest BCUT2D eigenvalue weighted by Gasteiger charge is -2.06. The van der Waals surface area contributed by atoms with E-state index in [0.29, 0.717) is 12.1 Å². The fourth-order valence-electron chi connectivity index (χ4n) is 1.85. The van der Waals surface area contributed by atoms with E-state index >= 15 is 0 Å². The van der Waals surface area contributed by atoms with Crippen LogP contribution in [0.25, 0.3) is 0 Å².